The highest BCUT2D eigenvalue weighted by Gasteiger charge is 2.10. The molecule has 20 heavy (non-hydrogen) atoms. The van der Waals surface area contributed by atoms with Crippen molar-refractivity contribution in [3.05, 3.63) is 57.6 Å². The Balaban J connectivity index is 2.24. The predicted octanol–water partition coefficient (Wildman–Crippen LogP) is 4.36. The van der Waals surface area contributed by atoms with Crippen LogP contribution in [-0.2, 0) is 0 Å². The number of aryl methyl sites for hydroxylation is 1. The molecule has 3 nitrogen and oxygen atoms in total. The maximum atomic E-state index is 12.3. The zero-order valence-electron chi connectivity index (χ0n) is 11.8. The molecule has 4 heteroatoms. The van der Waals surface area contributed by atoms with Gasteiger partial charge in [-0.3, -0.25) is 4.79 Å². The number of hydrogen-bond donors (Lipinski definition) is 2. The molecule has 0 fully saturated rings. The summed E-state index contributed by atoms with van der Waals surface area (Å²) in [5.74, 6) is -0.100. The summed E-state index contributed by atoms with van der Waals surface area (Å²) in [6.07, 6.45) is 0. The van der Waals surface area contributed by atoms with Crippen LogP contribution in [0, 0.1) is 13.8 Å². The Hall–Kier alpha value is -1.81. The molecule has 104 valence electrons. The van der Waals surface area contributed by atoms with Crippen LogP contribution in [0.5, 0.6) is 0 Å². The van der Waals surface area contributed by atoms with Gasteiger partial charge in [-0.2, -0.15) is 0 Å². The van der Waals surface area contributed by atoms with Gasteiger partial charge >= 0.3 is 0 Å². The first-order valence-corrected chi connectivity index (χ1v) is 7.17. The molecule has 0 spiro atoms. The monoisotopic (exact) mass is 332 g/mol. The van der Waals surface area contributed by atoms with Gasteiger partial charge in [0.25, 0.3) is 5.91 Å². The molecule has 0 aromatic heterocycles. The number of carbonyl (C=O) groups is 1. The predicted molar refractivity (Wildman–Crippen MR) is 87.6 cm³/mol. The number of nitrogens with one attached hydrogen (secondary N) is 2. The van der Waals surface area contributed by atoms with Gasteiger partial charge in [0.1, 0.15) is 0 Å². The molecule has 2 rings (SSSR count). The largest absolute Gasteiger partial charge is 0.388 e. The fourth-order valence-corrected chi connectivity index (χ4v) is 2.39. The first-order valence-electron chi connectivity index (χ1n) is 6.38. The standard InChI is InChI=1S/C16H17BrN2O/c1-10-9-12(7-8-14(10)18-3)16(20)19-15-6-4-5-13(17)11(15)2/h4-9,18H,1-3H3,(H,19,20). The van der Waals surface area contributed by atoms with Crippen LogP contribution in [0.4, 0.5) is 11.4 Å². The van der Waals surface area contributed by atoms with Gasteiger partial charge in [-0.05, 0) is 55.3 Å². The Morgan fingerprint density at radius 2 is 1.85 bits per heavy atom. The Labute approximate surface area is 127 Å². The second kappa shape index (κ2) is 6.09. The van der Waals surface area contributed by atoms with E-state index in [0.29, 0.717) is 5.56 Å². The van der Waals surface area contributed by atoms with Crippen LogP contribution in [-0.4, -0.2) is 13.0 Å². The molecule has 0 saturated carbocycles. The molecule has 0 radical (unpaired) electrons. The van der Waals surface area contributed by atoms with Gasteiger partial charge in [0, 0.05) is 28.5 Å². The van der Waals surface area contributed by atoms with Crippen LogP contribution in [0.15, 0.2) is 40.9 Å². The van der Waals surface area contributed by atoms with Crippen molar-refractivity contribution in [2.75, 3.05) is 17.7 Å². The minimum Gasteiger partial charge on any atom is -0.388 e. The van der Waals surface area contributed by atoms with Crippen molar-refractivity contribution >= 4 is 33.2 Å². The zero-order chi connectivity index (χ0) is 14.7. The minimum atomic E-state index is -0.100. The van der Waals surface area contributed by atoms with Gasteiger partial charge < -0.3 is 10.6 Å². The fourth-order valence-electron chi connectivity index (χ4n) is 2.02. The van der Waals surface area contributed by atoms with E-state index in [1.165, 1.54) is 0 Å². The van der Waals surface area contributed by atoms with Crippen molar-refractivity contribution in [2.45, 2.75) is 13.8 Å². The maximum Gasteiger partial charge on any atom is 0.255 e. The molecule has 0 aliphatic rings. The van der Waals surface area contributed by atoms with E-state index < -0.39 is 0 Å². The van der Waals surface area contributed by atoms with Crippen LogP contribution >= 0.6 is 15.9 Å². The number of amides is 1. The second-order valence-corrected chi connectivity index (χ2v) is 5.50. The molecular weight excluding hydrogens is 316 g/mol. The lowest BCUT2D eigenvalue weighted by atomic mass is 10.1. The molecule has 0 bridgehead atoms. The number of halogens is 1. The van der Waals surface area contributed by atoms with Gasteiger partial charge in [-0.25, -0.2) is 0 Å². The summed E-state index contributed by atoms with van der Waals surface area (Å²) in [6.45, 7) is 3.95. The number of benzene rings is 2. The summed E-state index contributed by atoms with van der Waals surface area (Å²) in [6, 6.07) is 11.4. The number of anilines is 2. The third-order valence-corrected chi connectivity index (χ3v) is 4.13. The molecule has 2 aromatic rings. The van der Waals surface area contributed by atoms with E-state index in [1.54, 1.807) is 0 Å². The highest BCUT2D eigenvalue weighted by Crippen LogP contribution is 2.24. The van der Waals surface area contributed by atoms with Gasteiger partial charge in [0.15, 0.2) is 0 Å². The quantitative estimate of drug-likeness (QED) is 0.876. The van der Waals surface area contributed by atoms with E-state index in [4.69, 9.17) is 0 Å². The van der Waals surface area contributed by atoms with Crippen LogP contribution in [0.3, 0.4) is 0 Å². The minimum absolute atomic E-state index is 0.100. The smallest absolute Gasteiger partial charge is 0.255 e. The third-order valence-electron chi connectivity index (χ3n) is 3.27. The molecule has 0 heterocycles. The fraction of sp³-hybridized carbons (Fsp3) is 0.188. The highest BCUT2D eigenvalue weighted by atomic mass is 79.9. The first kappa shape index (κ1) is 14.6. The van der Waals surface area contributed by atoms with Crippen molar-refractivity contribution in [1.82, 2.24) is 0 Å². The Kier molecular flexibility index (Phi) is 4.45. The summed E-state index contributed by atoms with van der Waals surface area (Å²) in [7, 11) is 1.87. The summed E-state index contributed by atoms with van der Waals surface area (Å²) < 4.78 is 0.983. The number of hydrogen-bond acceptors (Lipinski definition) is 2. The maximum absolute atomic E-state index is 12.3. The van der Waals surface area contributed by atoms with Crippen molar-refractivity contribution in [1.29, 1.82) is 0 Å². The second-order valence-electron chi connectivity index (χ2n) is 4.65. The SMILES string of the molecule is CNc1ccc(C(=O)Nc2cccc(Br)c2C)cc1C. The van der Waals surface area contributed by atoms with Crippen LogP contribution in [0.2, 0.25) is 0 Å². The van der Waals surface area contributed by atoms with Crippen molar-refractivity contribution in [2.24, 2.45) is 0 Å². The Bertz CT molecular complexity index is 653. The van der Waals surface area contributed by atoms with Crippen molar-refractivity contribution in [3.63, 3.8) is 0 Å². The Morgan fingerprint density at radius 1 is 1.10 bits per heavy atom. The lowest BCUT2D eigenvalue weighted by molar-refractivity contribution is 0.102. The highest BCUT2D eigenvalue weighted by molar-refractivity contribution is 9.10. The van der Waals surface area contributed by atoms with Crippen molar-refractivity contribution in [3.8, 4) is 0 Å². The molecule has 2 N–H and O–H groups in total. The Morgan fingerprint density at radius 3 is 2.50 bits per heavy atom. The van der Waals surface area contributed by atoms with Crippen LogP contribution in [0.1, 0.15) is 21.5 Å². The number of carbonyl (C=O) groups excluding carboxylic acids is 1. The van der Waals surface area contributed by atoms with Gasteiger partial charge in [-0.1, -0.05) is 22.0 Å². The molecular formula is C16H17BrN2O. The molecule has 0 saturated heterocycles. The summed E-state index contributed by atoms with van der Waals surface area (Å²) in [5.41, 5.74) is 4.57. The van der Waals surface area contributed by atoms with E-state index in [1.807, 2.05) is 57.3 Å². The van der Waals surface area contributed by atoms with E-state index in [9.17, 15) is 4.79 Å². The molecule has 2 aromatic carbocycles. The first-order chi connectivity index (χ1) is 9.52. The summed E-state index contributed by atoms with van der Waals surface area (Å²) in [4.78, 5) is 12.3. The lowest BCUT2D eigenvalue weighted by Crippen LogP contribution is -2.13. The summed E-state index contributed by atoms with van der Waals surface area (Å²) >= 11 is 3.46. The van der Waals surface area contributed by atoms with E-state index in [0.717, 1.165) is 27.0 Å². The average molecular weight is 333 g/mol. The van der Waals surface area contributed by atoms with Gasteiger partial charge in [0.2, 0.25) is 0 Å². The summed E-state index contributed by atoms with van der Waals surface area (Å²) in [5, 5.41) is 6.03. The van der Waals surface area contributed by atoms with E-state index >= 15 is 0 Å². The lowest BCUT2D eigenvalue weighted by Gasteiger charge is -2.11. The van der Waals surface area contributed by atoms with Gasteiger partial charge in [-0.15, -0.1) is 0 Å². The molecule has 0 atom stereocenters. The van der Waals surface area contributed by atoms with Crippen LogP contribution in [0.25, 0.3) is 0 Å². The zero-order valence-corrected chi connectivity index (χ0v) is 13.3. The van der Waals surface area contributed by atoms with Gasteiger partial charge in [0.05, 0.1) is 0 Å². The molecule has 1 amide bonds. The molecule has 0 aliphatic carbocycles. The number of rotatable bonds is 3. The van der Waals surface area contributed by atoms with Crippen LogP contribution < -0.4 is 10.6 Å². The molecule has 0 unspecified atom stereocenters. The average Bonchev–Trinajstić information content (AvgIpc) is 2.43. The molecule has 0 aliphatic heterocycles. The third kappa shape index (κ3) is 3.02. The van der Waals surface area contributed by atoms with E-state index in [-0.39, 0.29) is 5.91 Å². The topological polar surface area (TPSA) is 41.1 Å². The van der Waals surface area contributed by atoms with E-state index in [2.05, 4.69) is 26.6 Å². The van der Waals surface area contributed by atoms with Crippen molar-refractivity contribution < 1.29 is 4.79 Å². The normalized spacial score (nSPS) is 10.2.